The molecule has 4 rings (SSSR count). The van der Waals surface area contributed by atoms with Gasteiger partial charge in [0, 0.05) is 17.1 Å². The van der Waals surface area contributed by atoms with E-state index < -0.39 is 0 Å². The molecule has 0 N–H and O–H groups in total. The zero-order valence-corrected chi connectivity index (χ0v) is 28.2. The van der Waals surface area contributed by atoms with Crippen molar-refractivity contribution < 1.29 is 9.59 Å². The first-order chi connectivity index (χ1) is 21.2. The SMILES string of the molecule is CCCCCCCCCCCCCCCC1=C2C(=O)N(C1=O)c1ccc(cc1)C2CCCCCCCCCCCCCC. The summed E-state index contributed by atoms with van der Waals surface area (Å²) >= 11 is 0. The van der Waals surface area contributed by atoms with Crippen molar-refractivity contribution in [3.05, 3.63) is 41.0 Å². The van der Waals surface area contributed by atoms with Gasteiger partial charge in [0.15, 0.2) is 0 Å². The quantitative estimate of drug-likeness (QED) is 0.0753. The van der Waals surface area contributed by atoms with E-state index in [0.29, 0.717) is 0 Å². The second-order valence-electron chi connectivity index (χ2n) is 13.7. The van der Waals surface area contributed by atoms with Crippen molar-refractivity contribution in [3.63, 3.8) is 0 Å². The van der Waals surface area contributed by atoms with E-state index in [4.69, 9.17) is 0 Å². The molecule has 1 atom stereocenters. The van der Waals surface area contributed by atoms with E-state index >= 15 is 0 Å². The Morgan fingerprint density at radius 1 is 0.488 bits per heavy atom. The van der Waals surface area contributed by atoms with Crippen molar-refractivity contribution in [1.82, 2.24) is 0 Å². The second kappa shape index (κ2) is 21.7. The lowest BCUT2D eigenvalue weighted by molar-refractivity contribution is -0.120. The lowest BCUT2D eigenvalue weighted by Gasteiger charge is -2.24. The summed E-state index contributed by atoms with van der Waals surface area (Å²) in [4.78, 5) is 28.6. The highest BCUT2D eigenvalue weighted by atomic mass is 16.2. The number of hydrogen-bond donors (Lipinski definition) is 0. The molecule has 3 aliphatic heterocycles. The van der Waals surface area contributed by atoms with Gasteiger partial charge in [-0.15, -0.1) is 0 Å². The smallest absolute Gasteiger partial charge is 0.262 e. The first-order valence-electron chi connectivity index (χ1n) is 18.9. The summed E-state index contributed by atoms with van der Waals surface area (Å²) in [7, 11) is 0. The predicted molar refractivity (Wildman–Crippen MR) is 185 cm³/mol. The van der Waals surface area contributed by atoms with Crippen molar-refractivity contribution in [1.29, 1.82) is 0 Å². The summed E-state index contributed by atoms with van der Waals surface area (Å²) in [5.41, 5.74) is 3.60. The molecule has 0 aliphatic carbocycles. The van der Waals surface area contributed by atoms with Gasteiger partial charge >= 0.3 is 0 Å². The molecule has 0 aromatic heterocycles. The van der Waals surface area contributed by atoms with Crippen LogP contribution in [0.3, 0.4) is 0 Å². The third-order valence-corrected chi connectivity index (χ3v) is 10.00. The Labute approximate surface area is 265 Å². The van der Waals surface area contributed by atoms with Gasteiger partial charge in [-0.1, -0.05) is 180 Å². The van der Waals surface area contributed by atoms with Crippen LogP contribution in [0.4, 0.5) is 5.69 Å². The minimum absolute atomic E-state index is 0.0418. The van der Waals surface area contributed by atoms with Crippen LogP contribution in [-0.4, -0.2) is 11.8 Å². The van der Waals surface area contributed by atoms with Crippen LogP contribution in [0.2, 0.25) is 0 Å². The normalized spacial score (nSPS) is 16.0. The van der Waals surface area contributed by atoms with Crippen LogP contribution in [0.5, 0.6) is 0 Å². The van der Waals surface area contributed by atoms with E-state index in [9.17, 15) is 9.59 Å². The Morgan fingerprint density at radius 3 is 1.33 bits per heavy atom. The average molecular weight is 592 g/mol. The van der Waals surface area contributed by atoms with Gasteiger partial charge in [0.05, 0.1) is 5.69 Å². The highest BCUT2D eigenvalue weighted by Crippen LogP contribution is 2.43. The molecule has 0 spiro atoms. The number of anilines is 1. The van der Waals surface area contributed by atoms with Gasteiger partial charge in [-0.2, -0.15) is 0 Å². The minimum atomic E-state index is -0.0499. The number of carbonyl (C=O) groups excluding carboxylic acids is 2. The van der Waals surface area contributed by atoms with Gasteiger partial charge in [-0.05, 0) is 37.0 Å². The molecule has 3 heterocycles. The number of rotatable bonds is 27. The fraction of sp³-hybridized carbons (Fsp3) is 0.750. The van der Waals surface area contributed by atoms with Crippen molar-refractivity contribution in [2.24, 2.45) is 0 Å². The molecule has 0 fully saturated rings. The Morgan fingerprint density at radius 2 is 0.884 bits per heavy atom. The van der Waals surface area contributed by atoms with Gasteiger partial charge in [0.2, 0.25) is 0 Å². The van der Waals surface area contributed by atoms with Gasteiger partial charge < -0.3 is 0 Å². The molecule has 1 unspecified atom stereocenters. The molecule has 3 heteroatoms. The van der Waals surface area contributed by atoms with Crippen LogP contribution in [0, 0.1) is 0 Å². The number of amides is 2. The number of benzene rings is 1. The number of hydrogen-bond acceptors (Lipinski definition) is 2. The summed E-state index contributed by atoms with van der Waals surface area (Å²) in [6.45, 7) is 4.56. The maximum absolute atomic E-state index is 13.6. The number of unbranched alkanes of at least 4 members (excludes halogenated alkanes) is 23. The fourth-order valence-corrected chi connectivity index (χ4v) is 7.27. The zero-order valence-electron chi connectivity index (χ0n) is 28.2. The third kappa shape index (κ3) is 12.2. The lowest BCUT2D eigenvalue weighted by atomic mass is 9.83. The Bertz CT molecular complexity index is 946. The molecular weight excluding hydrogens is 526 g/mol. The molecule has 3 nitrogen and oxygen atoms in total. The predicted octanol–water partition coefficient (Wildman–Crippen LogP) is 12.5. The fourth-order valence-electron chi connectivity index (χ4n) is 7.27. The van der Waals surface area contributed by atoms with Gasteiger partial charge in [0.1, 0.15) is 0 Å². The maximum atomic E-state index is 13.6. The number of nitrogens with zero attached hydrogens (tertiary/aromatic N) is 1. The largest absolute Gasteiger partial charge is 0.269 e. The number of fused-ring (bicyclic) bond motifs is 2. The van der Waals surface area contributed by atoms with Crippen LogP contribution in [0.1, 0.15) is 199 Å². The van der Waals surface area contributed by atoms with E-state index in [1.165, 1.54) is 152 Å². The zero-order chi connectivity index (χ0) is 30.5. The van der Waals surface area contributed by atoms with Crippen LogP contribution in [0.25, 0.3) is 0 Å². The average Bonchev–Trinajstić information content (AvgIpc) is 3.29. The Balaban J connectivity index is 1.38. The monoisotopic (exact) mass is 592 g/mol. The molecule has 1 aromatic rings. The van der Waals surface area contributed by atoms with E-state index in [2.05, 4.69) is 26.0 Å². The summed E-state index contributed by atoms with van der Waals surface area (Å²) in [5, 5.41) is 0. The third-order valence-electron chi connectivity index (χ3n) is 10.00. The maximum Gasteiger partial charge on any atom is 0.262 e. The first-order valence-corrected chi connectivity index (χ1v) is 18.9. The van der Waals surface area contributed by atoms with E-state index in [0.717, 1.165) is 48.9 Å². The van der Waals surface area contributed by atoms with Gasteiger partial charge in [-0.3, -0.25) is 9.59 Å². The summed E-state index contributed by atoms with van der Waals surface area (Å²) in [6.07, 6.45) is 34.9. The number of carbonyl (C=O) groups is 2. The topological polar surface area (TPSA) is 37.4 Å². The van der Waals surface area contributed by atoms with Crippen molar-refractivity contribution in [3.8, 4) is 0 Å². The van der Waals surface area contributed by atoms with Crippen LogP contribution < -0.4 is 4.90 Å². The standard InChI is InChI=1S/C40H65NO2/c1-3-5-7-9-11-13-15-17-19-21-23-25-27-29-37-38-36(28-26-24-22-20-18-16-14-12-10-8-6-4-2)34-30-32-35(33-31-34)41(39(37)42)40(38)43/h30-33,36H,3-29H2,1-2H3. The molecule has 0 radical (unpaired) electrons. The lowest BCUT2D eigenvalue weighted by Crippen LogP contribution is -2.33. The van der Waals surface area contributed by atoms with Gasteiger partial charge in [0.25, 0.3) is 11.8 Å². The number of imide groups is 1. The molecule has 242 valence electrons. The second-order valence-corrected chi connectivity index (χ2v) is 13.7. The van der Waals surface area contributed by atoms with Crippen LogP contribution >= 0.6 is 0 Å². The minimum Gasteiger partial charge on any atom is -0.269 e. The Hall–Kier alpha value is -1.90. The summed E-state index contributed by atoms with van der Waals surface area (Å²) < 4.78 is 0. The molecule has 0 saturated heterocycles. The van der Waals surface area contributed by atoms with E-state index in [1.807, 2.05) is 12.1 Å². The molecular formula is C40H65NO2. The van der Waals surface area contributed by atoms with E-state index in [1.54, 1.807) is 0 Å². The van der Waals surface area contributed by atoms with Crippen molar-refractivity contribution in [2.75, 3.05) is 4.90 Å². The Kier molecular flexibility index (Phi) is 18.0. The van der Waals surface area contributed by atoms with Crippen LogP contribution in [0.15, 0.2) is 35.4 Å². The molecule has 3 aliphatic rings. The molecule has 2 amide bonds. The van der Waals surface area contributed by atoms with Gasteiger partial charge in [-0.25, -0.2) is 4.90 Å². The van der Waals surface area contributed by atoms with Crippen LogP contribution in [-0.2, 0) is 9.59 Å². The van der Waals surface area contributed by atoms with Crippen molar-refractivity contribution >= 4 is 17.5 Å². The molecule has 43 heavy (non-hydrogen) atoms. The summed E-state index contributed by atoms with van der Waals surface area (Å²) in [5.74, 6) is -0.0261. The highest BCUT2D eigenvalue weighted by Gasteiger charge is 2.43. The summed E-state index contributed by atoms with van der Waals surface area (Å²) in [6, 6.07) is 8.26. The molecule has 0 saturated carbocycles. The highest BCUT2D eigenvalue weighted by molar-refractivity contribution is 6.33. The van der Waals surface area contributed by atoms with E-state index in [-0.39, 0.29) is 17.7 Å². The molecule has 1 aromatic carbocycles. The van der Waals surface area contributed by atoms with Crippen molar-refractivity contribution in [2.45, 2.75) is 193 Å². The molecule has 4 bridgehead atoms. The first kappa shape index (κ1) is 35.6.